The largest absolute Gasteiger partial charge is 0.486 e. The molecule has 1 N–H and O–H groups in total. The number of ether oxygens (including phenoxy) is 2. The van der Waals surface area contributed by atoms with Crippen LogP contribution in [0.3, 0.4) is 0 Å². The average molecular weight is 230 g/mol. The van der Waals surface area contributed by atoms with Crippen LogP contribution in [0.1, 0.15) is 18.7 Å². The molecule has 0 unspecified atom stereocenters. The minimum Gasteiger partial charge on any atom is -0.486 e. The maximum Gasteiger partial charge on any atom is 0.163 e. The highest BCUT2D eigenvalue weighted by molar-refractivity contribution is 5.79. The number of H-pyrrole nitrogens is 1. The van der Waals surface area contributed by atoms with Gasteiger partial charge in [-0.2, -0.15) is 0 Å². The molecular weight excluding hydrogens is 216 g/mol. The van der Waals surface area contributed by atoms with Gasteiger partial charge in [0.05, 0.1) is 11.0 Å². The van der Waals surface area contributed by atoms with Crippen LogP contribution < -0.4 is 9.47 Å². The predicted molar refractivity (Wildman–Crippen MR) is 63.5 cm³/mol. The van der Waals surface area contributed by atoms with Gasteiger partial charge in [0.25, 0.3) is 0 Å². The molecule has 4 nitrogen and oxygen atoms in total. The van der Waals surface area contributed by atoms with Crippen molar-refractivity contribution in [3.05, 3.63) is 18.0 Å². The first-order valence-electron chi connectivity index (χ1n) is 6.17. The number of benzene rings is 1. The van der Waals surface area contributed by atoms with Gasteiger partial charge in [0.1, 0.15) is 19.0 Å². The minimum atomic E-state index is 0.623. The Bertz CT molecular complexity index is 529. The van der Waals surface area contributed by atoms with Gasteiger partial charge in [0.15, 0.2) is 11.5 Å². The lowest BCUT2D eigenvalue weighted by Gasteiger charge is -2.17. The molecule has 1 aromatic heterocycles. The van der Waals surface area contributed by atoms with E-state index in [9.17, 15) is 0 Å². The Labute approximate surface area is 98.9 Å². The summed E-state index contributed by atoms with van der Waals surface area (Å²) >= 11 is 0. The van der Waals surface area contributed by atoms with Gasteiger partial charge in [-0.25, -0.2) is 4.98 Å². The molecule has 2 heterocycles. The molecule has 2 aromatic rings. The third-order valence-corrected chi connectivity index (χ3v) is 3.37. The number of hydrogen-bond acceptors (Lipinski definition) is 3. The molecule has 0 spiro atoms. The van der Waals surface area contributed by atoms with Crippen molar-refractivity contribution >= 4 is 11.0 Å². The van der Waals surface area contributed by atoms with Crippen LogP contribution in [0.5, 0.6) is 11.5 Å². The maximum atomic E-state index is 5.56. The highest BCUT2D eigenvalue weighted by Crippen LogP contribution is 2.35. The number of nitrogens with one attached hydrogen (secondary N) is 1. The zero-order chi connectivity index (χ0) is 11.2. The molecule has 17 heavy (non-hydrogen) atoms. The van der Waals surface area contributed by atoms with Crippen molar-refractivity contribution in [1.82, 2.24) is 9.97 Å². The van der Waals surface area contributed by atoms with Gasteiger partial charge >= 0.3 is 0 Å². The predicted octanol–water partition coefficient (Wildman–Crippen LogP) is 2.29. The monoisotopic (exact) mass is 230 g/mol. The van der Waals surface area contributed by atoms with E-state index in [-0.39, 0.29) is 0 Å². The molecule has 0 bridgehead atoms. The van der Waals surface area contributed by atoms with Crippen molar-refractivity contribution in [2.45, 2.75) is 19.3 Å². The van der Waals surface area contributed by atoms with Gasteiger partial charge in [0, 0.05) is 18.6 Å². The molecule has 0 saturated heterocycles. The number of nitrogens with zero attached hydrogens (tertiary/aromatic N) is 1. The summed E-state index contributed by atoms with van der Waals surface area (Å²) in [6.07, 6.45) is 3.76. The molecule has 4 heteroatoms. The average Bonchev–Trinajstić information content (AvgIpc) is 3.06. The molecule has 1 aliphatic carbocycles. The summed E-state index contributed by atoms with van der Waals surface area (Å²) < 4.78 is 11.1. The Kier molecular flexibility index (Phi) is 1.86. The molecule has 1 fully saturated rings. The summed E-state index contributed by atoms with van der Waals surface area (Å²) in [6.45, 7) is 1.25. The van der Waals surface area contributed by atoms with Crippen LogP contribution >= 0.6 is 0 Å². The van der Waals surface area contributed by atoms with Crippen molar-refractivity contribution in [3.63, 3.8) is 0 Å². The van der Waals surface area contributed by atoms with E-state index >= 15 is 0 Å². The van der Waals surface area contributed by atoms with E-state index < -0.39 is 0 Å². The van der Waals surface area contributed by atoms with Gasteiger partial charge in [-0.1, -0.05) is 0 Å². The van der Waals surface area contributed by atoms with E-state index in [1.54, 1.807) is 0 Å². The Morgan fingerprint density at radius 2 is 1.94 bits per heavy atom. The van der Waals surface area contributed by atoms with Crippen molar-refractivity contribution in [3.8, 4) is 11.5 Å². The molecular formula is C13H14N2O2. The molecule has 0 atom stereocenters. The highest BCUT2D eigenvalue weighted by atomic mass is 16.6. The minimum absolute atomic E-state index is 0.623. The Hall–Kier alpha value is -1.71. The van der Waals surface area contributed by atoms with E-state index in [2.05, 4.69) is 9.97 Å². The third kappa shape index (κ3) is 1.64. The first-order valence-corrected chi connectivity index (χ1v) is 6.17. The second-order valence-electron chi connectivity index (χ2n) is 4.84. The second kappa shape index (κ2) is 3.39. The Balaban J connectivity index is 1.77. The van der Waals surface area contributed by atoms with E-state index in [4.69, 9.17) is 9.47 Å². The van der Waals surface area contributed by atoms with E-state index in [1.165, 1.54) is 12.8 Å². The lowest BCUT2D eigenvalue weighted by molar-refractivity contribution is 0.172. The number of rotatable bonds is 2. The van der Waals surface area contributed by atoms with Gasteiger partial charge in [-0.3, -0.25) is 0 Å². The van der Waals surface area contributed by atoms with Gasteiger partial charge in [0.2, 0.25) is 0 Å². The van der Waals surface area contributed by atoms with Crippen LogP contribution in [0.25, 0.3) is 11.0 Å². The summed E-state index contributed by atoms with van der Waals surface area (Å²) in [5.74, 6) is 3.57. The second-order valence-corrected chi connectivity index (χ2v) is 4.84. The van der Waals surface area contributed by atoms with Gasteiger partial charge in [-0.15, -0.1) is 0 Å². The number of hydrogen-bond donors (Lipinski definition) is 1. The van der Waals surface area contributed by atoms with E-state index in [0.29, 0.717) is 13.2 Å². The van der Waals surface area contributed by atoms with Crippen molar-refractivity contribution in [2.75, 3.05) is 13.2 Å². The summed E-state index contributed by atoms with van der Waals surface area (Å²) in [6, 6.07) is 3.96. The smallest absolute Gasteiger partial charge is 0.163 e. The SMILES string of the molecule is c1c2c(cc3[nH]c(CC4CC4)nc13)OCCO2. The summed E-state index contributed by atoms with van der Waals surface area (Å²) in [4.78, 5) is 7.98. The molecule has 1 aromatic carbocycles. The summed E-state index contributed by atoms with van der Waals surface area (Å²) in [5, 5.41) is 0. The lowest BCUT2D eigenvalue weighted by atomic mass is 10.2. The fraction of sp³-hybridized carbons (Fsp3) is 0.462. The van der Waals surface area contributed by atoms with Crippen LogP contribution in [0.15, 0.2) is 12.1 Å². The number of aromatic amines is 1. The number of fused-ring (bicyclic) bond motifs is 2. The normalized spacial score (nSPS) is 18.6. The van der Waals surface area contributed by atoms with E-state index in [1.807, 2.05) is 12.1 Å². The molecule has 1 saturated carbocycles. The summed E-state index contributed by atoms with van der Waals surface area (Å²) in [5.41, 5.74) is 2.02. The zero-order valence-electron chi connectivity index (χ0n) is 9.53. The molecule has 1 aliphatic heterocycles. The fourth-order valence-corrected chi connectivity index (χ4v) is 2.29. The Morgan fingerprint density at radius 3 is 2.71 bits per heavy atom. The number of imidazole rings is 1. The van der Waals surface area contributed by atoms with Gasteiger partial charge < -0.3 is 14.5 Å². The third-order valence-electron chi connectivity index (χ3n) is 3.37. The first kappa shape index (κ1) is 9.33. The Morgan fingerprint density at radius 1 is 1.18 bits per heavy atom. The highest BCUT2D eigenvalue weighted by Gasteiger charge is 2.23. The van der Waals surface area contributed by atoms with Crippen LogP contribution in [0.2, 0.25) is 0 Å². The topological polar surface area (TPSA) is 47.1 Å². The number of aromatic nitrogens is 2. The molecule has 88 valence electrons. The molecule has 4 rings (SSSR count). The van der Waals surface area contributed by atoms with Crippen molar-refractivity contribution in [2.24, 2.45) is 5.92 Å². The van der Waals surface area contributed by atoms with Crippen LogP contribution in [0.4, 0.5) is 0 Å². The fourth-order valence-electron chi connectivity index (χ4n) is 2.29. The van der Waals surface area contributed by atoms with Crippen molar-refractivity contribution < 1.29 is 9.47 Å². The molecule has 2 aliphatic rings. The van der Waals surface area contributed by atoms with E-state index in [0.717, 1.165) is 40.7 Å². The van der Waals surface area contributed by atoms with Crippen LogP contribution in [0, 0.1) is 5.92 Å². The quantitative estimate of drug-likeness (QED) is 0.861. The summed E-state index contributed by atoms with van der Waals surface area (Å²) in [7, 11) is 0. The molecule has 0 radical (unpaired) electrons. The standard InChI is InChI=1S/C13H14N2O2/c1-2-8(1)5-13-14-9-6-11-12(7-10(9)15-13)17-4-3-16-11/h6-8H,1-5H2,(H,14,15). The van der Waals surface area contributed by atoms with Crippen molar-refractivity contribution in [1.29, 1.82) is 0 Å². The van der Waals surface area contributed by atoms with Crippen LogP contribution in [-0.2, 0) is 6.42 Å². The van der Waals surface area contributed by atoms with Gasteiger partial charge in [-0.05, 0) is 18.8 Å². The maximum absolute atomic E-state index is 5.56. The zero-order valence-corrected chi connectivity index (χ0v) is 9.53. The van der Waals surface area contributed by atoms with Crippen LogP contribution in [-0.4, -0.2) is 23.2 Å². The lowest BCUT2D eigenvalue weighted by Crippen LogP contribution is -2.15. The first-order chi connectivity index (χ1) is 8.38. The molecule has 0 amide bonds.